The summed E-state index contributed by atoms with van der Waals surface area (Å²) in [4.78, 5) is 41.5. The molecular formula is C33H28F4N4O3. The number of hydrogen-bond donors (Lipinski definition) is 1. The molecule has 0 fully saturated rings. The number of para-hydroxylation sites is 1. The number of anilines is 1. The van der Waals surface area contributed by atoms with Crippen molar-refractivity contribution in [2.45, 2.75) is 32.0 Å². The number of alkyl halides is 3. The Balaban J connectivity index is 1.70. The van der Waals surface area contributed by atoms with Crippen LogP contribution in [-0.2, 0) is 22.3 Å². The molecule has 0 bridgehead atoms. The number of hydrogen-bond acceptors (Lipinski definition) is 4. The first kappa shape index (κ1) is 30.4. The molecule has 0 saturated heterocycles. The average molecular weight is 605 g/mol. The van der Waals surface area contributed by atoms with E-state index in [0.29, 0.717) is 28.3 Å². The van der Waals surface area contributed by atoms with Crippen LogP contribution in [0.15, 0.2) is 91.5 Å². The Hall–Kier alpha value is -5.06. The molecule has 4 aromatic rings. The number of carbonyl (C=O) groups is 3. The van der Waals surface area contributed by atoms with Gasteiger partial charge < -0.3 is 5.32 Å². The molecule has 1 N–H and O–H groups in total. The van der Waals surface area contributed by atoms with Crippen molar-refractivity contribution in [2.24, 2.45) is 5.92 Å². The van der Waals surface area contributed by atoms with Gasteiger partial charge in [-0.25, -0.2) is 9.07 Å². The van der Waals surface area contributed by atoms with Crippen LogP contribution in [-0.4, -0.2) is 33.9 Å². The molecule has 1 aliphatic heterocycles. The largest absolute Gasteiger partial charge is 0.416 e. The lowest BCUT2D eigenvalue weighted by Crippen LogP contribution is -2.45. The molecule has 0 spiro atoms. The van der Waals surface area contributed by atoms with E-state index in [2.05, 4.69) is 11.9 Å². The van der Waals surface area contributed by atoms with Crippen LogP contribution in [0.25, 0.3) is 5.69 Å². The number of halogens is 4. The van der Waals surface area contributed by atoms with Crippen LogP contribution in [0, 0.1) is 11.7 Å². The third kappa shape index (κ3) is 5.90. The maximum atomic E-state index is 14.3. The SMILES string of the molecule is C=CC(=O)NCc1nn(-c2ccccc2)c2c1[C@H](c1ccc(F)cc1)[C@H](CC(=O)c1cccc(C(F)(F)F)c1)C(=O)N2CC. The molecule has 226 valence electrons. The summed E-state index contributed by atoms with van der Waals surface area (Å²) < 4.78 is 55.9. The molecule has 11 heteroatoms. The highest BCUT2D eigenvalue weighted by Gasteiger charge is 2.46. The Bertz CT molecular complexity index is 1720. The van der Waals surface area contributed by atoms with Gasteiger partial charge in [0, 0.05) is 30.0 Å². The Labute approximate surface area is 250 Å². The standard InChI is InChI=1S/C33H28F4N4O3/c1-3-28(43)38-19-26-30-29(20-13-15-23(34)16-14-20)25(18-27(42)21-9-8-10-22(17-21)33(35,36)37)32(44)40(4-2)31(30)41(39-26)24-11-6-5-7-12-24/h3,5-17,25,29H,1,4,18-19H2,2H3,(H,38,43)/t25-,29+/m0/s1. The molecule has 2 amide bonds. The second-order valence-corrected chi connectivity index (χ2v) is 10.3. The van der Waals surface area contributed by atoms with Crippen molar-refractivity contribution in [3.8, 4) is 5.69 Å². The van der Waals surface area contributed by atoms with Crippen molar-refractivity contribution in [3.05, 3.63) is 125 Å². The molecule has 1 aliphatic rings. The summed E-state index contributed by atoms with van der Waals surface area (Å²) in [5, 5.41) is 7.52. The number of carbonyl (C=O) groups excluding carboxylic acids is 3. The second-order valence-electron chi connectivity index (χ2n) is 10.3. The van der Waals surface area contributed by atoms with E-state index < -0.39 is 53.4 Å². The molecule has 2 heterocycles. The smallest absolute Gasteiger partial charge is 0.347 e. The zero-order valence-corrected chi connectivity index (χ0v) is 23.6. The highest BCUT2D eigenvalue weighted by Crippen LogP contribution is 2.47. The van der Waals surface area contributed by atoms with Crippen molar-refractivity contribution in [2.75, 3.05) is 11.4 Å². The van der Waals surface area contributed by atoms with Gasteiger partial charge in [0.2, 0.25) is 11.8 Å². The molecule has 0 unspecified atom stereocenters. The zero-order valence-electron chi connectivity index (χ0n) is 23.6. The number of nitrogens with zero attached hydrogens (tertiary/aromatic N) is 3. The maximum Gasteiger partial charge on any atom is 0.416 e. The first-order chi connectivity index (χ1) is 21.0. The molecule has 0 saturated carbocycles. The fourth-order valence-corrected chi connectivity index (χ4v) is 5.58. The minimum atomic E-state index is -4.65. The van der Waals surface area contributed by atoms with E-state index in [4.69, 9.17) is 5.10 Å². The van der Waals surface area contributed by atoms with E-state index in [0.717, 1.165) is 24.3 Å². The van der Waals surface area contributed by atoms with E-state index in [-0.39, 0.29) is 18.7 Å². The van der Waals surface area contributed by atoms with Gasteiger partial charge in [-0.2, -0.15) is 18.3 Å². The first-order valence-corrected chi connectivity index (χ1v) is 13.9. The van der Waals surface area contributed by atoms with Crippen LogP contribution in [0.4, 0.5) is 23.4 Å². The second kappa shape index (κ2) is 12.3. The van der Waals surface area contributed by atoms with E-state index in [1.807, 2.05) is 6.07 Å². The van der Waals surface area contributed by atoms with E-state index in [9.17, 15) is 31.9 Å². The van der Waals surface area contributed by atoms with Gasteiger partial charge in [0.1, 0.15) is 11.6 Å². The van der Waals surface area contributed by atoms with E-state index in [1.165, 1.54) is 35.2 Å². The highest BCUT2D eigenvalue weighted by atomic mass is 19.4. The molecule has 0 aliphatic carbocycles. The quantitative estimate of drug-likeness (QED) is 0.140. The normalized spacial score (nSPS) is 16.4. The van der Waals surface area contributed by atoms with Gasteiger partial charge >= 0.3 is 6.18 Å². The monoisotopic (exact) mass is 604 g/mol. The van der Waals surface area contributed by atoms with Gasteiger partial charge in [0.15, 0.2) is 5.78 Å². The minimum Gasteiger partial charge on any atom is -0.347 e. The molecule has 7 nitrogen and oxygen atoms in total. The molecular weight excluding hydrogens is 576 g/mol. The highest BCUT2D eigenvalue weighted by molar-refractivity contribution is 6.04. The number of ketones is 1. The molecule has 0 radical (unpaired) electrons. The summed E-state index contributed by atoms with van der Waals surface area (Å²) in [5.41, 5.74) is 0.909. The zero-order chi connectivity index (χ0) is 31.6. The molecule has 44 heavy (non-hydrogen) atoms. The Morgan fingerprint density at radius 3 is 2.36 bits per heavy atom. The number of Topliss-reactive ketones (excluding diaryl/α,β-unsaturated/α-hetero) is 1. The number of benzene rings is 3. The van der Waals surface area contributed by atoms with Gasteiger partial charge in [-0.15, -0.1) is 0 Å². The summed E-state index contributed by atoms with van der Waals surface area (Å²) in [6, 6.07) is 18.6. The Morgan fingerprint density at radius 1 is 1.02 bits per heavy atom. The van der Waals surface area contributed by atoms with Crippen LogP contribution in [0.2, 0.25) is 0 Å². The molecule has 2 atom stereocenters. The van der Waals surface area contributed by atoms with Gasteiger partial charge in [0.05, 0.1) is 29.4 Å². The maximum absolute atomic E-state index is 14.3. The summed E-state index contributed by atoms with van der Waals surface area (Å²) in [6.45, 7) is 5.37. The van der Waals surface area contributed by atoms with Crippen LogP contribution < -0.4 is 10.2 Å². The van der Waals surface area contributed by atoms with Crippen LogP contribution >= 0.6 is 0 Å². The topological polar surface area (TPSA) is 84.3 Å². The number of rotatable bonds is 9. The fraction of sp³-hybridized carbons (Fsp3) is 0.212. The fourth-order valence-electron chi connectivity index (χ4n) is 5.58. The average Bonchev–Trinajstić information content (AvgIpc) is 3.39. The van der Waals surface area contributed by atoms with Crippen LogP contribution in [0.1, 0.15) is 52.0 Å². The van der Waals surface area contributed by atoms with Crippen LogP contribution in [0.5, 0.6) is 0 Å². The van der Waals surface area contributed by atoms with Gasteiger partial charge in [-0.1, -0.05) is 49.0 Å². The molecule has 5 rings (SSSR count). The number of aromatic nitrogens is 2. The third-order valence-corrected chi connectivity index (χ3v) is 7.60. The number of amides is 2. The Morgan fingerprint density at radius 2 is 1.73 bits per heavy atom. The summed E-state index contributed by atoms with van der Waals surface area (Å²) in [6.07, 6.45) is -3.97. The predicted octanol–water partition coefficient (Wildman–Crippen LogP) is 6.22. The lowest BCUT2D eigenvalue weighted by molar-refractivity contribution is -0.137. The van der Waals surface area contributed by atoms with Crippen molar-refractivity contribution in [3.63, 3.8) is 0 Å². The number of fused-ring (bicyclic) bond motifs is 1. The van der Waals surface area contributed by atoms with Crippen molar-refractivity contribution >= 4 is 23.4 Å². The minimum absolute atomic E-state index is 0.0508. The summed E-state index contributed by atoms with van der Waals surface area (Å²) >= 11 is 0. The van der Waals surface area contributed by atoms with Gasteiger partial charge in [-0.3, -0.25) is 19.3 Å². The lowest BCUT2D eigenvalue weighted by atomic mass is 9.74. The summed E-state index contributed by atoms with van der Waals surface area (Å²) in [7, 11) is 0. The first-order valence-electron chi connectivity index (χ1n) is 13.9. The van der Waals surface area contributed by atoms with Crippen molar-refractivity contribution in [1.82, 2.24) is 15.1 Å². The van der Waals surface area contributed by atoms with Crippen molar-refractivity contribution < 1.29 is 31.9 Å². The summed E-state index contributed by atoms with van der Waals surface area (Å²) in [5.74, 6) is -3.56. The van der Waals surface area contributed by atoms with E-state index >= 15 is 0 Å². The van der Waals surface area contributed by atoms with E-state index in [1.54, 1.807) is 35.9 Å². The van der Waals surface area contributed by atoms with Gasteiger partial charge in [-0.05, 0) is 55.0 Å². The third-order valence-electron chi connectivity index (χ3n) is 7.60. The number of nitrogens with one attached hydrogen (secondary N) is 1. The predicted molar refractivity (Wildman–Crippen MR) is 156 cm³/mol. The molecule has 3 aromatic carbocycles. The van der Waals surface area contributed by atoms with Crippen molar-refractivity contribution in [1.29, 1.82) is 0 Å². The molecule has 1 aromatic heterocycles. The Kier molecular flexibility index (Phi) is 8.48. The lowest BCUT2D eigenvalue weighted by Gasteiger charge is -2.38. The van der Waals surface area contributed by atoms with Gasteiger partial charge in [0.25, 0.3) is 0 Å². The van der Waals surface area contributed by atoms with Crippen LogP contribution in [0.3, 0.4) is 0 Å².